The zero-order chi connectivity index (χ0) is 22.2. The number of halogens is 1. The average Bonchev–Trinajstić information content (AvgIpc) is 3.12. The first kappa shape index (κ1) is 22.4. The molecule has 0 spiro atoms. The predicted molar refractivity (Wildman–Crippen MR) is 136 cm³/mol. The van der Waals surface area contributed by atoms with E-state index < -0.39 is 10.0 Å². The molecule has 0 unspecified atom stereocenters. The fourth-order valence-electron chi connectivity index (χ4n) is 4.34. The van der Waals surface area contributed by atoms with Crippen molar-refractivity contribution in [3.8, 4) is 11.3 Å². The Morgan fingerprint density at radius 2 is 1.55 bits per heavy atom. The van der Waals surface area contributed by atoms with E-state index in [1.165, 1.54) is 20.8 Å². The lowest BCUT2D eigenvalue weighted by molar-refractivity contribution is 0.312. The Balaban J connectivity index is 1.71. The second kappa shape index (κ2) is 8.96. The molecule has 0 radical (unpaired) electrons. The van der Waals surface area contributed by atoms with E-state index >= 15 is 0 Å². The Bertz CT molecular complexity index is 1160. The van der Waals surface area contributed by atoms with E-state index in [0.717, 1.165) is 46.6 Å². The summed E-state index contributed by atoms with van der Waals surface area (Å²) < 4.78 is 28.9. The minimum absolute atomic E-state index is 0.0249. The number of anilines is 1. The first-order chi connectivity index (χ1) is 14.7. The topological polar surface area (TPSA) is 45.6 Å². The van der Waals surface area contributed by atoms with Gasteiger partial charge in [0.1, 0.15) is 0 Å². The van der Waals surface area contributed by atoms with Crippen molar-refractivity contribution in [2.45, 2.75) is 19.6 Å². The van der Waals surface area contributed by atoms with Crippen LogP contribution in [0.2, 0.25) is 0 Å². The summed E-state index contributed by atoms with van der Waals surface area (Å²) in [6.45, 7) is 8.38. The number of benzene rings is 2. The summed E-state index contributed by atoms with van der Waals surface area (Å²) in [5.74, 6) is -0.0249. The number of aryl methyl sites for hydroxylation is 2. The van der Waals surface area contributed by atoms with Gasteiger partial charge in [-0.05, 0) is 83.9 Å². The van der Waals surface area contributed by atoms with E-state index in [-0.39, 0.29) is 5.75 Å². The zero-order valence-corrected chi connectivity index (χ0v) is 21.2. The highest BCUT2D eigenvalue weighted by molar-refractivity contribution is 14.1. The van der Waals surface area contributed by atoms with Crippen LogP contribution in [0.4, 0.5) is 5.69 Å². The number of nitrogens with zero attached hydrogens (tertiary/aromatic N) is 3. The van der Waals surface area contributed by atoms with Gasteiger partial charge in [0.05, 0.1) is 11.4 Å². The van der Waals surface area contributed by atoms with Gasteiger partial charge in [0.25, 0.3) is 0 Å². The monoisotopic (exact) mass is 549 g/mol. The third-order valence-corrected chi connectivity index (χ3v) is 8.04. The highest BCUT2D eigenvalue weighted by Crippen LogP contribution is 2.33. The van der Waals surface area contributed by atoms with Crippen LogP contribution >= 0.6 is 22.6 Å². The van der Waals surface area contributed by atoms with Crippen molar-refractivity contribution in [1.82, 2.24) is 8.87 Å². The molecule has 31 heavy (non-hydrogen) atoms. The number of likely N-dealkylation sites (N-methyl/N-ethyl adjacent to an activating group) is 1. The minimum Gasteiger partial charge on any atom is -0.369 e. The van der Waals surface area contributed by atoms with Gasteiger partial charge in [-0.15, -0.1) is 0 Å². The number of hydrogen-bond donors (Lipinski definition) is 0. The summed E-state index contributed by atoms with van der Waals surface area (Å²) in [7, 11) is -1.38. The second-order valence-electron chi connectivity index (χ2n) is 8.33. The fraction of sp³-hybridized carbons (Fsp3) is 0.333. The smallest absolute Gasteiger partial charge is 0.243 e. The number of piperazine rings is 1. The predicted octanol–water partition coefficient (Wildman–Crippen LogP) is 4.51. The van der Waals surface area contributed by atoms with Crippen LogP contribution in [0.15, 0.2) is 54.7 Å². The van der Waals surface area contributed by atoms with Crippen LogP contribution < -0.4 is 4.90 Å². The van der Waals surface area contributed by atoms with Gasteiger partial charge in [0.15, 0.2) is 0 Å². The van der Waals surface area contributed by atoms with Crippen molar-refractivity contribution >= 4 is 38.3 Å². The quantitative estimate of drug-likeness (QED) is 0.440. The molecule has 2 aromatic carbocycles. The Labute approximate surface area is 198 Å². The molecule has 1 saturated heterocycles. The summed E-state index contributed by atoms with van der Waals surface area (Å²) >= 11 is 2.19. The first-order valence-electron chi connectivity index (χ1n) is 10.4. The lowest BCUT2D eigenvalue weighted by atomic mass is 10.0. The largest absolute Gasteiger partial charge is 0.369 e. The van der Waals surface area contributed by atoms with Crippen molar-refractivity contribution in [2.24, 2.45) is 0 Å². The number of hydrogen-bond acceptors (Lipinski definition) is 4. The molecule has 0 amide bonds. The lowest BCUT2D eigenvalue weighted by Gasteiger charge is -2.36. The Morgan fingerprint density at radius 1 is 0.935 bits per heavy atom. The molecular formula is C24H28IN3O2S. The molecule has 0 bridgehead atoms. The molecule has 2 heterocycles. The van der Waals surface area contributed by atoms with E-state index in [2.05, 4.69) is 65.4 Å². The normalized spacial score (nSPS) is 15.4. The maximum atomic E-state index is 13.3. The molecule has 0 atom stereocenters. The van der Waals surface area contributed by atoms with Gasteiger partial charge in [0, 0.05) is 41.6 Å². The summed E-state index contributed by atoms with van der Waals surface area (Å²) in [6.07, 6.45) is 1.72. The molecule has 3 aromatic rings. The van der Waals surface area contributed by atoms with Crippen molar-refractivity contribution in [3.63, 3.8) is 0 Å². The molecule has 1 aromatic heterocycles. The molecule has 5 nitrogen and oxygen atoms in total. The molecule has 7 heteroatoms. The summed E-state index contributed by atoms with van der Waals surface area (Å²) in [5.41, 5.74) is 6.08. The van der Waals surface area contributed by atoms with Crippen LogP contribution in [0.5, 0.6) is 0 Å². The molecule has 1 aliphatic rings. The molecule has 1 aliphatic heterocycles. The molecule has 1 fully saturated rings. The van der Waals surface area contributed by atoms with Crippen LogP contribution in [0.1, 0.15) is 16.7 Å². The third-order valence-electron chi connectivity index (χ3n) is 5.85. The van der Waals surface area contributed by atoms with Crippen LogP contribution in [0.3, 0.4) is 0 Å². The fourth-order valence-corrected chi connectivity index (χ4v) is 6.59. The summed E-state index contributed by atoms with van der Waals surface area (Å²) in [6, 6.07) is 15.5. The van der Waals surface area contributed by atoms with Crippen molar-refractivity contribution in [2.75, 3.05) is 38.1 Å². The van der Waals surface area contributed by atoms with E-state index in [0.29, 0.717) is 0 Å². The highest BCUT2D eigenvalue weighted by atomic mass is 127. The molecule has 0 saturated carbocycles. The van der Waals surface area contributed by atoms with Crippen LogP contribution in [-0.2, 0) is 15.8 Å². The lowest BCUT2D eigenvalue weighted by Crippen LogP contribution is -2.45. The molecule has 4 rings (SSSR count). The third kappa shape index (κ3) is 4.83. The van der Waals surface area contributed by atoms with Gasteiger partial charge < -0.3 is 9.80 Å². The van der Waals surface area contributed by atoms with Crippen LogP contribution in [-0.4, -0.2) is 50.5 Å². The molecule has 0 aliphatic carbocycles. The Kier molecular flexibility index (Phi) is 6.46. The minimum atomic E-state index is -3.54. The second-order valence-corrected chi connectivity index (χ2v) is 11.4. The van der Waals surface area contributed by atoms with E-state index in [1.807, 2.05) is 36.4 Å². The van der Waals surface area contributed by atoms with Crippen molar-refractivity contribution in [1.29, 1.82) is 0 Å². The standard InChI is InChI=1S/C24H28IN3O2S/c1-18-13-21(14-19(2)24(18)27-11-9-26(3)10-12-27)23-15-22(25)16-28(23)31(29,30)17-20-7-5-4-6-8-20/h4-8,13-16H,9-12,17H2,1-3H3. The van der Waals surface area contributed by atoms with Gasteiger partial charge in [-0.25, -0.2) is 12.4 Å². The van der Waals surface area contributed by atoms with E-state index in [1.54, 1.807) is 6.20 Å². The van der Waals surface area contributed by atoms with Crippen molar-refractivity contribution < 1.29 is 8.42 Å². The zero-order valence-electron chi connectivity index (χ0n) is 18.2. The van der Waals surface area contributed by atoms with Crippen molar-refractivity contribution in [3.05, 3.63) is 75.0 Å². The molecular weight excluding hydrogens is 521 g/mol. The first-order valence-corrected chi connectivity index (χ1v) is 13.1. The SMILES string of the molecule is Cc1cc(-c2cc(I)cn2S(=O)(=O)Cc2ccccc2)cc(C)c1N1CCN(C)CC1. The van der Waals surface area contributed by atoms with E-state index in [4.69, 9.17) is 0 Å². The molecule has 164 valence electrons. The Hall–Kier alpha value is -1.84. The maximum absolute atomic E-state index is 13.3. The number of rotatable bonds is 5. The summed E-state index contributed by atoms with van der Waals surface area (Å²) in [4.78, 5) is 4.80. The maximum Gasteiger partial charge on any atom is 0.243 e. The summed E-state index contributed by atoms with van der Waals surface area (Å²) in [5, 5.41) is 0. The van der Waals surface area contributed by atoms with Crippen LogP contribution in [0, 0.1) is 17.4 Å². The van der Waals surface area contributed by atoms with Gasteiger partial charge in [-0.2, -0.15) is 0 Å². The van der Waals surface area contributed by atoms with Gasteiger partial charge in [-0.1, -0.05) is 30.3 Å². The number of aromatic nitrogens is 1. The Morgan fingerprint density at radius 3 is 2.16 bits per heavy atom. The van der Waals surface area contributed by atoms with Crippen LogP contribution in [0.25, 0.3) is 11.3 Å². The molecule has 0 N–H and O–H groups in total. The van der Waals surface area contributed by atoms with Gasteiger partial charge in [-0.3, -0.25) is 0 Å². The highest BCUT2D eigenvalue weighted by Gasteiger charge is 2.22. The van der Waals surface area contributed by atoms with Gasteiger partial charge in [0.2, 0.25) is 10.0 Å². The average molecular weight is 549 g/mol. The van der Waals surface area contributed by atoms with E-state index in [9.17, 15) is 8.42 Å². The van der Waals surface area contributed by atoms with Gasteiger partial charge >= 0.3 is 0 Å².